The largest absolute Gasteiger partial charge is 0.338 e. The van der Waals surface area contributed by atoms with Crippen molar-refractivity contribution in [1.29, 1.82) is 0 Å². The molecule has 4 amide bonds. The third kappa shape index (κ3) is 3.61. The maximum absolute atomic E-state index is 13.0. The van der Waals surface area contributed by atoms with Gasteiger partial charge in [-0.1, -0.05) is 24.3 Å². The third-order valence-corrected chi connectivity index (χ3v) is 6.62. The van der Waals surface area contributed by atoms with Crippen molar-refractivity contribution in [3.63, 3.8) is 0 Å². The number of nitrogens with zero attached hydrogens (tertiary/aromatic N) is 3. The van der Waals surface area contributed by atoms with E-state index in [4.69, 9.17) is 0 Å². The first-order valence-electron chi connectivity index (χ1n) is 8.97. The van der Waals surface area contributed by atoms with Gasteiger partial charge < -0.3 is 10.2 Å². The van der Waals surface area contributed by atoms with Crippen LogP contribution in [0.3, 0.4) is 0 Å². The van der Waals surface area contributed by atoms with Gasteiger partial charge >= 0.3 is 6.03 Å². The molecule has 1 unspecified atom stereocenters. The predicted octanol–water partition coefficient (Wildman–Crippen LogP) is -0.134. The van der Waals surface area contributed by atoms with Gasteiger partial charge in [-0.2, -0.15) is 4.31 Å². The summed E-state index contributed by atoms with van der Waals surface area (Å²) in [6.45, 7) is 3.97. The molecule has 0 radical (unpaired) electrons. The summed E-state index contributed by atoms with van der Waals surface area (Å²) < 4.78 is 24.5. The lowest BCUT2D eigenvalue weighted by atomic mass is 9.88. The second-order valence-corrected chi connectivity index (χ2v) is 9.29. The van der Waals surface area contributed by atoms with Crippen LogP contribution in [0.25, 0.3) is 0 Å². The quantitative estimate of drug-likeness (QED) is 0.698. The molecule has 2 saturated heterocycles. The van der Waals surface area contributed by atoms with Gasteiger partial charge in [0.25, 0.3) is 5.91 Å². The van der Waals surface area contributed by atoms with Crippen LogP contribution in [0.4, 0.5) is 4.79 Å². The molecule has 2 aliphatic rings. The van der Waals surface area contributed by atoms with Crippen molar-refractivity contribution >= 4 is 27.9 Å². The second-order valence-electron chi connectivity index (χ2n) is 7.30. The smallest absolute Gasteiger partial charge is 0.325 e. The highest BCUT2D eigenvalue weighted by Crippen LogP contribution is 2.30. The van der Waals surface area contributed by atoms with E-state index in [2.05, 4.69) is 5.32 Å². The highest BCUT2D eigenvalue weighted by Gasteiger charge is 2.50. The first-order valence-corrected chi connectivity index (χ1v) is 10.8. The summed E-state index contributed by atoms with van der Waals surface area (Å²) in [7, 11) is -3.30. The molecule has 1 aromatic rings. The number of sulfonamides is 1. The number of aryl methyl sites for hydroxylation is 1. The molecule has 1 N–H and O–H groups in total. The van der Waals surface area contributed by atoms with Crippen LogP contribution in [0.2, 0.25) is 0 Å². The van der Waals surface area contributed by atoms with Gasteiger partial charge in [0.1, 0.15) is 12.1 Å². The number of imide groups is 1. The molecule has 152 valence electrons. The predicted molar refractivity (Wildman–Crippen MR) is 102 cm³/mol. The molecule has 9 nitrogen and oxygen atoms in total. The van der Waals surface area contributed by atoms with E-state index in [1.807, 2.05) is 19.1 Å². The van der Waals surface area contributed by atoms with Crippen LogP contribution < -0.4 is 5.32 Å². The average molecular weight is 408 g/mol. The van der Waals surface area contributed by atoms with Gasteiger partial charge in [-0.05, 0) is 25.0 Å². The fraction of sp³-hybridized carbons (Fsp3) is 0.500. The normalized spacial score (nSPS) is 23.8. The molecule has 2 fully saturated rings. The summed E-state index contributed by atoms with van der Waals surface area (Å²) in [6.07, 6.45) is 1.13. The molecule has 0 aliphatic carbocycles. The fourth-order valence-electron chi connectivity index (χ4n) is 3.66. The minimum absolute atomic E-state index is 0.200. The van der Waals surface area contributed by atoms with Gasteiger partial charge in [-0.25, -0.2) is 13.2 Å². The molecule has 0 saturated carbocycles. The van der Waals surface area contributed by atoms with Gasteiger partial charge in [0.15, 0.2) is 0 Å². The molecule has 1 aromatic carbocycles. The van der Waals surface area contributed by atoms with Gasteiger partial charge in [0.05, 0.1) is 6.26 Å². The number of carbonyl (C=O) groups is 3. The van der Waals surface area contributed by atoms with E-state index in [1.54, 1.807) is 19.1 Å². The second kappa shape index (κ2) is 7.17. The van der Waals surface area contributed by atoms with E-state index in [0.29, 0.717) is 5.56 Å². The Kier molecular flexibility index (Phi) is 5.20. The molecule has 3 rings (SSSR count). The molecule has 28 heavy (non-hydrogen) atoms. The van der Waals surface area contributed by atoms with Crippen molar-refractivity contribution in [2.75, 3.05) is 39.0 Å². The SMILES string of the molecule is Cc1ccccc1C1(C)NC(=O)N(CC(=O)N2CCN(S(C)(=O)=O)CC2)C1=O. The number of piperazine rings is 1. The lowest BCUT2D eigenvalue weighted by Gasteiger charge is -2.33. The molecule has 10 heteroatoms. The van der Waals surface area contributed by atoms with E-state index >= 15 is 0 Å². The summed E-state index contributed by atoms with van der Waals surface area (Å²) in [6, 6.07) is 6.67. The van der Waals surface area contributed by atoms with Crippen molar-refractivity contribution in [2.45, 2.75) is 19.4 Å². The fourth-order valence-corrected chi connectivity index (χ4v) is 4.49. The molecule has 0 aromatic heterocycles. The summed E-state index contributed by atoms with van der Waals surface area (Å²) in [5.74, 6) is -0.861. The Bertz CT molecular complexity index is 924. The first kappa shape index (κ1) is 20.3. The van der Waals surface area contributed by atoms with E-state index in [-0.39, 0.29) is 38.6 Å². The maximum atomic E-state index is 13.0. The minimum atomic E-state index is -3.30. The summed E-state index contributed by atoms with van der Waals surface area (Å²) >= 11 is 0. The number of amides is 4. The number of nitrogens with one attached hydrogen (secondary N) is 1. The lowest BCUT2D eigenvalue weighted by Crippen LogP contribution is -2.53. The molecular formula is C18H24N4O5S. The van der Waals surface area contributed by atoms with E-state index in [1.165, 1.54) is 9.21 Å². The standard InChI is InChI=1S/C18H24N4O5S/c1-13-6-4-5-7-14(13)18(2)16(24)22(17(25)19-18)12-15(23)20-8-10-21(11-9-20)28(3,26)27/h4-7H,8-12H2,1-3H3,(H,19,25). The average Bonchev–Trinajstić information content (AvgIpc) is 2.85. The van der Waals surface area contributed by atoms with Crippen LogP contribution >= 0.6 is 0 Å². The van der Waals surface area contributed by atoms with Crippen LogP contribution in [0.5, 0.6) is 0 Å². The summed E-state index contributed by atoms with van der Waals surface area (Å²) in [4.78, 5) is 40.4. The Balaban J connectivity index is 1.70. The van der Waals surface area contributed by atoms with Crippen LogP contribution in [0.15, 0.2) is 24.3 Å². The lowest BCUT2D eigenvalue weighted by molar-refractivity contribution is -0.139. The van der Waals surface area contributed by atoms with Crippen molar-refractivity contribution in [1.82, 2.24) is 19.4 Å². The van der Waals surface area contributed by atoms with Gasteiger partial charge in [-0.15, -0.1) is 0 Å². The number of urea groups is 1. The molecular weight excluding hydrogens is 384 g/mol. The molecule has 1 atom stereocenters. The molecule has 0 bridgehead atoms. The zero-order valence-corrected chi connectivity index (χ0v) is 17.0. The Labute approximate surface area is 164 Å². The van der Waals surface area contributed by atoms with E-state index in [9.17, 15) is 22.8 Å². The van der Waals surface area contributed by atoms with Crippen molar-refractivity contribution in [2.24, 2.45) is 0 Å². The number of rotatable bonds is 4. The van der Waals surface area contributed by atoms with Crippen LogP contribution in [-0.4, -0.2) is 79.3 Å². The van der Waals surface area contributed by atoms with E-state index < -0.39 is 27.5 Å². The maximum Gasteiger partial charge on any atom is 0.325 e. The monoisotopic (exact) mass is 408 g/mol. The highest BCUT2D eigenvalue weighted by molar-refractivity contribution is 7.88. The number of benzene rings is 1. The van der Waals surface area contributed by atoms with Crippen LogP contribution in [0, 0.1) is 6.92 Å². The zero-order chi connectivity index (χ0) is 20.7. The Morgan fingerprint density at radius 1 is 1.14 bits per heavy atom. The summed E-state index contributed by atoms with van der Waals surface area (Å²) in [5, 5.41) is 2.70. The summed E-state index contributed by atoms with van der Waals surface area (Å²) in [5.41, 5.74) is 0.325. The van der Waals surface area contributed by atoms with E-state index in [0.717, 1.165) is 16.7 Å². The molecule has 0 spiro atoms. The first-order chi connectivity index (χ1) is 13.0. The highest BCUT2D eigenvalue weighted by atomic mass is 32.2. The Morgan fingerprint density at radius 3 is 2.32 bits per heavy atom. The topological polar surface area (TPSA) is 107 Å². The molecule has 2 heterocycles. The number of hydrogen-bond donors (Lipinski definition) is 1. The zero-order valence-electron chi connectivity index (χ0n) is 16.1. The van der Waals surface area contributed by atoms with Gasteiger partial charge in [-0.3, -0.25) is 14.5 Å². The number of hydrogen-bond acceptors (Lipinski definition) is 5. The van der Waals surface area contributed by atoms with Crippen molar-refractivity contribution in [3.05, 3.63) is 35.4 Å². The number of carbonyl (C=O) groups excluding carboxylic acids is 3. The van der Waals surface area contributed by atoms with Crippen LogP contribution in [-0.2, 0) is 25.2 Å². The van der Waals surface area contributed by atoms with Crippen molar-refractivity contribution < 1.29 is 22.8 Å². The Hall–Kier alpha value is -2.46. The van der Waals surface area contributed by atoms with Gasteiger partial charge in [0, 0.05) is 26.2 Å². The Morgan fingerprint density at radius 2 is 1.75 bits per heavy atom. The van der Waals surface area contributed by atoms with Gasteiger partial charge in [0.2, 0.25) is 15.9 Å². The minimum Gasteiger partial charge on any atom is -0.338 e. The van der Waals surface area contributed by atoms with Crippen molar-refractivity contribution in [3.8, 4) is 0 Å². The molecule has 2 aliphatic heterocycles. The third-order valence-electron chi connectivity index (χ3n) is 5.31. The van der Waals surface area contributed by atoms with Crippen LogP contribution in [0.1, 0.15) is 18.1 Å².